The fraction of sp³-hybridized carbons (Fsp3) is 0.333. The molecule has 0 saturated heterocycles. The molecule has 2 rings (SSSR count). The summed E-state index contributed by atoms with van der Waals surface area (Å²) < 4.78 is 2.61. The smallest absolute Gasteiger partial charge is 0.0856 e. The molecule has 0 fully saturated rings. The molecule has 5 heteroatoms. The van der Waals surface area contributed by atoms with Crippen molar-refractivity contribution in [3.8, 4) is 0 Å². The van der Waals surface area contributed by atoms with Crippen molar-refractivity contribution in [3.63, 3.8) is 0 Å². The van der Waals surface area contributed by atoms with Gasteiger partial charge in [0.2, 0.25) is 0 Å². The quantitative estimate of drug-likeness (QED) is 0.944. The van der Waals surface area contributed by atoms with Gasteiger partial charge in [0.1, 0.15) is 0 Å². The van der Waals surface area contributed by atoms with Crippen molar-refractivity contribution in [1.29, 1.82) is 0 Å². The highest BCUT2D eigenvalue weighted by Crippen LogP contribution is 2.22. The van der Waals surface area contributed by atoms with Gasteiger partial charge in [-0.1, -0.05) is 27.2 Å². The number of benzene rings is 1. The highest BCUT2D eigenvalue weighted by Gasteiger charge is 2.11. The Morgan fingerprint density at radius 1 is 1.41 bits per heavy atom. The molecular formula is C12H14BrN3O. The predicted molar refractivity (Wildman–Crippen MR) is 68.5 cm³/mol. The molecule has 0 amide bonds. The maximum absolute atomic E-state index is 10.1. The summed E-state index contributed by atoms with van der Waals surface area (Å²) in [6, 6.07) is 5.92. The molecule has 0 aliphatic carbocycles. The number of aliphatic hydroxyl groups is 1. The number of nitrogens with zero attached hydrogens (tertiary/aromatic N) is 3. The van der Waals surface area contributed by atoms with Gasteiger partial charge in [0, 0.05) is 24.1 Å². The summed E-state index contributed by atoms with van der Waals surface area (Å²) in [6.07, 6.45) is 1.74. The summed E-state index contributed by atoms with van der Waals surface area (Å²) in [5.41, 5.74) is 2.80. The van der Waals surface area contributed by atoms with Gasteiger partial charge in [-0.15, -0.1) is 5.10 Å². The van der Waals surface area contributed by atoms with Crippen LogP contribution in [0.15, 0.2) is 28.9 Å². The summed E-state index contributed by atoms with van der Waals surface area (Å²) in [7, 11) is 1.81. The van der Waals surface area contributed by atoms with Crippen molar-refractivity contribution in [2.75, 3.05) is 0 Å². The lowest BCUT2D eigenvalue weighted by Crippen LogP contribution is -2.02. The highest BCUT2D eigenvalue weighted by atomic mass is 79.9. The molecule has 0 aliphatic heterocycles. The minimum atomic E-state index is -0.553. The van der Waals surface area contributed by atoms with Crippen molar-refractivity contribution in [2.24, 2.45) is 7.05 Å². The second-order valence-corrected chi connectivity index (χ2v) is 5.08. The second kappa shape index (κ2) is 4.98. The van der Waals surface area contributed by atoms with E-state index >= 15 is 0 Å². The second-order valence-electron chi connectivity index (χ2n) is 4.17. The van der Waals surface area contributed by atoms with Crippen molar-refractivity contribution in [3.05, 3.63) is 45.7 Å². The molecule has 1 unspecified atom stereocenters. The molecule has 0 bridgehead atoms. The van der Waals surface area contributed by atoms with E-state index in [1.54, 1.807) is 4.68 Å². The molecule has 90 valence electrons. The van der Waals surface area contributed by atoms with E-state index in [1.807, 2.05) is 38.4 Å². The number of hydrogen-bond acceptors (Lipinski definition) is 3. The van der Waals surface area contributed by atoms with E-state index in [4.69, 9.17) is 0 Å². The molecule has 2 aromatic rings. The van der Waals surface area contributed by atoms with Crippen LogP contribution in [0.4, 0.5) is 0 Å². The van der Waals surface area contributed by atoms with Crippen LogP contribution in [0.3, 0.4) is 0 Å². The van der Waals surface area contributed by atoms with Crippen LogP contribution < -0.4 is 0 Å². The van der Waals surface area contributed by atoms with Crippen molar-refractivity contribution < 1.29 is 5.11 Å². The van der Waals surface area contributed by atoms with Crippen molar-refractivity contribution in [1.82, 2.24) is 15.0 Å². The Kier molecular flexibility index (Phi) is 3.59. The topological polar surface area (TPSA) is 50.9 Å². The average molecular weight is 296 g/mol. The highest BCUT2D eigenvalue weighted by molar-refractivity contribution is 9.10. The zero-order valence-corrected chi connectivity index (χ0v) is 11.3. The maximum Gasteiger partial charge on any atom is 0.0856 e. The molecule has 4 nitrogen and oxygen atoms in total. The van der Waals surface area contributed by atoms with E-state index < -0.39 is 6.10 Å². The Morgan fingerprint density at radius 2 is 2.18 bits per heavy atom. The Hall–Kier alpha value is -1.20. The Bertz CT molecular complexity index is 504. The molecule has 1 aromatic carbocycles. The normalized spacial score (nSPS) is 12.7. The van der Waals surface area contributed by atoms with Crippen LogP contribution in [0.1, 0.15) is 22.9 Å². The Morgan fingerprint density at radius 3 is 2.76 bits per heavy atom. The first-order chi connectivity index (χ1) is 8.04. The molecule has 0 spiro atoms. The van der Waals surface area contributed by atoms with E-state index in [1.165, 1.54) is 0 Å². The first-order valence-electron chi connectivity index (χ1n) is 5.35. The number of hydrogen-bond donors (Lipinski definition) is 1. The van der Waals surface area contributed by atoms with E-state index in [0.29, 0.717) is 6.42 Å². The first kappa shape index (κ1) is 12.3. The standard InChI is InChI=1S/C12H14BrN3O/c1-8-3-9(5-10(13)4-8)12(17)6-11-7-16(2)15-14-11/h3-5,7,12,17H,6H2,1-2H3. The number of aliphatic hydroxyl groups excluding tert-OH is 1. The van der Waals surface area contributed by atoms with Crippen LogP contribution in [-0.2, 0) is 13.5 Å². The minimum absolute atomic E-state index is 0.476. The average Bonchev–Trinajstić information content (AvgIpc) is 2.62. The number of aryl methyl sites for hydroxylation is 2. The Labute approximate surface area is 108 Å². The predicted octanol–water partition coefficient (Wildman–Crippen LogP) is 2.16. The van der Waals surface area contributed by atoms with E-state index in [-0.39, 0.29) is 0 Å². The van der Waals surface area contributed by atoms with Gasteiger partial charge in [0.05, 0.1) is 11.8 Å². The molecule has 0 radical (unpaired) electrons. The third-order valence-electron chi connectivity index (χ3n) is 2.50. The zero-order valence-electron chi connectivity index (χ0n) is 9.76. The van der Waals surface area contributed by atoms with Gasteiger partial charge in [-0.25, -0.2) is 0 Å². The van der Waals surface area contributed by atoms with Crippen LogP contribution in [-0.4, -0.2) is 20.1 Å². The molecule has 1 N–H and O–H groups in total. The Balaban J connectivity index is 2.16. The molecular weight excluding hydrogens is 282 g/mol. The monoisotopic (exact) mass is 295 g/mol. The maximum atomic E-state index is 10.1. The van der Waals surface area contributed by atoms with E-state index in [0.717, 1.165) is 21.3 Å². The van der Waals surface area contributed by atoms with E-state index in [9.17, 15) is 5.11 Å². The van der Waals surface area contributed by atoms with Gasteiger partial charge in [-0.05, 0) is 30.2 Å². The summed E-state index contributed by atoms with van der Waals surface area (Å²) in [5, 5.41) is 17.9. The zero-order chi connectivity index (χ0) is 12.4. The third-order valence-corrected chi connectivity index (χ3v) is 2.96. The van der Waals surface area contributed by atoms with Crippen LogP contribution in [0.2, 0.25) is 0 Å². The van der Waals surface area contributed by atoms with E-state index in [2.05, 4.69) is 26.2 Å². The molecule has 1 heterocycles. The lowest BCUT2D eigenvalue weighted by Gasteiger charge is -2.10. The molecule has 0 saturated carbocycles. The first-order valence-corrected chi connectivity index (χ1v) is 6.14. The molecule has 17 heavy (non-hydrogen) atoms. The van der Waals surface area contributed by atoms with Gasteiger partial charge in [0.15, 0.2) is 0 Å². The van der Waals surface area contributed by atoms with Gasteiger partial charge in [0.25, 0.3) is 0 Å². The fourth-order valence-corrected chi connectivity index (χ4v) is 2.39. The summed E-state index contributed by atoms with van der Waals surface area (Å²) in [5.74, 6) is 0. The molecule has 1 aromatic heterocycles. The van der Waals surface area contributed by atoms with Gasteiger partial charge in [-0.3, -0.25) is 4.68 Å². The molecule has 0 aliphatic rings. The van der Waals surface area contributed by atoms with Crippen molar-refractivity contribution >= 4 is 15.9 Å². The van der Waals surface area contributed by atoms with Crippen LogP contribution in [0.5, 0.6) is 0 Å². The van der Waals surface area contributed by atoms with Gasteiger partial charge in [-0.2, -0.15) is 0 Å². The molecule has 1 atom stereocenters. The van der Waals surface area contributed by atoms with Crippen LogP contribution in [0, 0.1) is 6.92 Å². The minimum Gasteiger partial charge on any atom is -0.388 e. The number of halogens is 1. The lowest BCUT2D eigenvalue weighted by atomic mass is 10.0. The SMILES string of the molecule is Cc1cc(Br)cc(C(O)Cc2cn(C)nn2)c1. The lowest BCUT2D eigenvalue weighted by molar-refractivity contribution is 0.177. The summed E-state index contributed by atoms with van der Waals surface area (Å²) in [4.78, 5) is 0. The van der Waals surface area contributed by atoms with Crippen LogP contribution >= 0.6 is 15.9 Å². The van der Waals surface area contributed by atoms with Crippen LogP contribution in [0.25, 0.3) is 0 Å². The summed E-state index contributed by atoms with van der Waals surface area (Å²) >= 11 is 3.43. The third kappa shape index (κ3) is 3.14. The number of aromatic nitrogens is 3. The summed E-state index contributed by atoms with van der Waals surface area (Å²) in [6.45, 7) is 2.00. The largest absolute Gasteiger partial charge is 0.388 e. The number of rotatable bonds is 3. The van der Waals surface area contributed by atoms with Crippen molar-refractivity contribution in [2.45, 2.75) is 19.4 Å². The van der Waals surface area contributed by atoms with Gasteiger partial charge < -0.3 is 5.11 Å². The fourth-order valence-electron chi connectivity index (χ4n) is 1.76. The van der Waals surface area contributed by atoms with Gasteiger partial charge >= 0.3 is 0 Å².